The van der Waals surface area contributed by atoms with Gasteiger partial charge < -0.3 is 24.4 Å². The summed E-state index contributed by atoms with van der Waals surface area (Å²) in [6.07, 6.45) is 3.09. The van der Waals surface area contributed by atoms with E-state index < -0.39 is 0 Å². The van der Waals surface area contributed by atoms with Crippen LogP contribution in [0.2, 0.25) is 0 Å². The first-order valence-electron chi connectivity index (χ1n) is 6.98. The Labute approximate surface area is 118 Å². The molecule has 1 heterocycles. The van der Waals surface area contributed by atoms with E-state index in [1.54, 1.807) is 7.11 Å². The molecular weight excluding hydrogens is 248 g/mol. The van der Waals surface area contributed by atoms with Crippen LogP contribution in [0, 0.1) is 0 Å². The van der Waals surface area contributed by atoms with E-state index in [9.17, 15) is 0 Å². The van der Waals surface area contributed by atoms with E-state index in [2.05, 4.69) is 18.6 Å². The third kappa shape index (κ3) is 23.3. The second-order valence-electron chi connectivity index (χ2n) is 3.73. The molecule has 0 amide bonds. The lowest BCUT2D eigenvalue weighted by Gasteiger charge is -2.11. The summed E-state index contributed by atoms with van der Waals surface area (Å²) in [6, 6.07) is 0. The maximum Gasteiger partial charge on any atom is 0.0809 e. The Kier molecular flexibility index (Phi) is 28.8. The van der Waals surface area contributed by atoms with E-state index in [0.29, 0.717) is 18.8 Å². The van der Waals surface area contributed by atoms with E-state index >= 15 is 0 Å². The minimum atomic E-state index is 0.122. The van der Waals surface area contributed by atoms with Crippen LogP contribution in [0.3, 0.4) is 0 Å². The Morgan fingerprint density at radius 3 is 2.11 bits per heavy atom. The Hall–Kier alpha value is -0.200. The zero-order valence-electron chi connectivity index (χ0n) is 13.5. The van der Waals surface area contributed by atoms with E-state index in [0.717, 1.165) is 20.3 Å². The van der Waals surface area contributed by atoms with Gasteiger partial charge in [0.2, 0.25) is 0 Å². The molecule has 1 saturated heterocycles. The van der Waals surface area contributed by atoms with Gasteiger partial charge in [0.1, 0.15) is 0 Å². The predicted molar refractivity (Wildman–Crippen MR) is 78.5 cm³/mol. The number of aliphatic hydroxyl groups excluding tert-OH is 2. The molecule has 120 valence electrons. The number of hydrogen-bond acceptors (Lipinski definition) is 5. The first-order chi connectivity index (χ1) is 9.20. The lowest BCUT2D eigenvalue weighted by Crippen LogP contribution is -2.17. The summed E-state index contributed by atoms with van der Waals surface area (Å²) in [7, 11) is 2.55. The average Bonchev–Trinajstić information content (AvgIpc) is 2.96. The fraction of sp³-hybridized carbons (Fsp3) is 1.00. The van der Waals surface area contributed by atoms with E-state index in [1.165, 1.54) is 12.8 Å². The number of hydrogen-bond donors (Lipinski definition) is 2. The first kappa shape index (κ1) is 23.9. The van der Waals surface area contributed by atoms with Crippen LogP contribution in [-0.4, -0.2) is 63.1 Å². The van der Waals surface area contributed by atoms with Crippen molar-refractivity contribution >= 4 is 0 Å². The number of aliphatic hydroxyl groups is 2. The molecule has 19 heavy (non-hydrogen) atoms. The highest BCUT2D eigenvalue weighted by atomic mass is 16.5. The van der Waals surface area contributed by atoms with Crippen LogP contribution in [0.5, 0.6) is 0 Å². The van der Waals surface area contributed by atoms with Gasteiger partial charge in [-0.1, -0.05) is 13.8 Å². The molecule has 0 radical (unpaired) electrons. The molecule has 5 nitrogen and oxygen atoms in total. The third-order valence-electron chi connectivity index (χ3n) is 1.93. The fourth-order valence-corrected chi connectivity index (χ4v) is 1.17. The zero-order valence-corrected chi connectivity index (χ0v) is 13.5. The summed E-state index contributed by atoms with van der Waals surface area (Å²) < 4.78 is 15.2. The molecule has 0 aliphatic carbocycles. The van der Waals surface area contributed by atoms with Gasteiger partial charge in [-0.2, -0.15) is 0 Å². The van der Waals surface area contributed by atoms with Crippen LogP contribution in [0.25, 0.3) is 0 Å². The molecule has 1 fully saturated rings. The largest absolute Gasteiger partial charge is 0.400 e. The number of rotatable bonds is 5. The summed E-state index contributed by atoms with van der Waals surface area (Å²) in [5.41, 5.74) is 0. The van der Waals surface area contributed by atoms with Crippen LogP contribution in [0.15, 0.2) is 0 Å². The monoisotopic (exact) mass is 282 g/mol. The SMILES string of the molecule is CC.CC(C)OCC1CCCO1.CO.COCCO. The normalized spacial score (nSPS) is 16.6. The molecule has 1 aliphatic rings. The number of methoxy groups -OCH3 is 1. The lowest BCUT2D eigenvalue weighted by atomic mass is 10.2. The molecule has 0 saturated carbocycles. The van der Waals surface area contributed by atoms with Crippen molar-refractivity contribution in [3.8, 4) is 0 Å². The smallest absolute Gasteiger partial charge is 0.0809 e. The lowest BCUT2D eigenvalue weighted by molar-refractivity contribution is -0.00761. The van der Waals surface area contributed by atoms with Gasteiger partial charge >= 0.3 is 0 Å². The molecule has 1 rings (SSSR count). The Bertz CT molecular complexity index is 123. The van der Waals surface area contributed by atoms with Crippen molar-refractivity contribution in [3.05, 3.63) is 0 Å². The molecule has 0 bridgehead atoms. The van der Waals surface area contributed by atoms with Gasteiger partial charge in [-0.25, -0.2) is 0 Å². The zero-order chi connectivity index (χ0) is 15.5. The summed E-state index contributed by atoms with van der Waals surface area (Å²) in [5, 5.41) is 14.9. The van der Waals surface area contributed by atoms with Gasteiger partial charge in [-0.3, -0.25) is 0 Å². The summed E-state index contributed by atoms with van der Waals surface area (Å²) in [5.74, 6) is 0. The minimum absolute atomic E-state index is 0.122. The Morgan fingerprint density at radius 2 is 1.84 bits per heavy atom. The van der Waals surface area contributed by atoms with Gasteiger partial charge in [0, 0.05) is 20.8 Å². The number of ether oxygens (including phenoxy) is 3. The molecule has 1 atom stereocenters. The van der Waals surface area contributed by atoms with E-state index in [1.807, 2.05) is 13.8 Å². The molecule has 0 aromatic carbocycles. The summed E-state index contributed by atoms with van der Waals surface area (Å²) in [4.78, 5) is 0. The predicted octanol–water partition coefficient (Wildman–Crippen LogP) is 1.85. The van der Waals surface area contributed by atoms with E-state index in [4.69, 9.17) is 19.7 Å². The Balaban J connectivity index is -0.000000242. The van der Waals surface area contributed by atoms with Crippen molar-refractivity contribution in [2.75, 3.05) is 40.6 Å². The molecule has 0 spiro atoms. The van der Waals surface area contributed by atoms with Crippen molar-refractivity contribution in [2.24, 2.45) is 0 Å². The topological polar surface area (TPSA) is 68.2 Å². The van der Waals surface area contributed by atoms with Gasteiger partial charge in [-0.15, -0.1) is 0 Å². The van der Waals surface area contributed by atoms with Crippen molar-refractivity contribution in [1.29, 1.82) is 0 Å². The standard InChI is InChI=1S/C8H16O2.C3H8O2.C2H6.CH4O/c1-7(2)10-6-8-4-3-5-9-8;1-5-3-2-4;2*1-2/h7-8H,3-6H2,1-2H3;4H,2-3H2,1H3;1-2H3;2H,1H3. The van der Waals surface area contributed by atoms with Gasteiger partial charge in [-0.05, 0) is 26.7 Å². The highest BCUT2D eigenvalue weighted by Crippen LogP contribution is 2.12. The van der Waals surface area contributed by atoms with Crippen molar-refractivity contribution in [3.63, 3.8) is 0 Å². The molecule has 0 aromatic rings. The molecular formula is C14H34O5. The minimum Gasteiger partial charge on any atom is -0.400 e. The molecule has 0 aromatic heterocycles. The quantitative estimate of drug-likeness (QED) is 0.805. The fourth-order valence-electron chi connectivity index (χ4n) is 1.17. The highest BCUT2D eigenvalue weighted by Gasteiger charge is 2.15. The Morgan fingerprint density at radius 1 is 1.26 bits per heavy atom. The van der Waals surface area contributed by atoms with Gasteiger partial charge in [0.15, 0.2) is 0 Å². The van der Waals surface area contributed by atoms with Crippen LogP contribution < -0.4 is 0 Å². The maximum atomic E-state index is 7.94. The first-order valence-corrected chi connectivity index (χ1v) is 6.98. The molecule has 1 aliphatic heterocycles. The van der Waals surface area contributed by atoms with Gasteiger partial charge in [0.25, 0.3) is 0 Å². The van der Waals surface area contributed by atoms with Crippen molar-refractivity contribution in [2.45, 2.75) is 52.7 Å². The second kappa shape index (κ2) is 22.9. The maximum absolute atomic E-state index is 7.94. The molecule has 5 heteroatoms. The van der Waals surface area contributed by atoms with Crippen LogP contribution in [0.1, 0.15) is 40.5 Å². The third-order valence-corrected chi connectivity index (χ3v) is 1.93. The van der Waals surface area contributed by atoms with Gasteiger partial charge in [0.05, 0.1) is 32.0 Å². The van der Waals surface area contributed by atoms with E-state index in [-0.39, 0.29) is 6.61 Å². The van der Waals surface area contributed by atoms with Crippen LogP contribution in [-0.2, 0) is 14.2 Å². The summed E-state index contributed by atoms with van der Waals surface area (Å²) in [6.45, 7) is 10.4. The highest BCUT2D eigenvalue weighted by molar-refractivity contribution is 4.63. The average molecular weight is 282 g/mol. The molecule has 1 unspecified atom stereocenters. The van der Waals surface area contributed by atoms with Crippen molar-refractivity contribution in [1.82, 2.24) is 0 Å². The second-order valence-corrected chi connectivity index (χ2v) is 3.73. The van der Waals surface area contributed by atoms with Crippen molar-refractivity contribution < 1.29 is 24.4 Å². The molecule has 2 N–H and O–H groups in total. The summed E-state index contributed by atoms with van der Waals surface area (Å²) >= 11 is 0. The van der Waals surface area contributed by atoms with Crippen LogP contribution in [0.4, 0.5) is 0 Å². The van der Waals surface area contributed by atoms with Crippen LogP contribution >= 0.6 is 0 Å².